The SMILES string of the molecule is O=S1(=O)c2ccccc2-c2[nH]ccc21. The molecule has 0 fully saturated rings. The van der Waals surface area contributed by atoms with E-state index in [-0.39, 0.29) is 0 Å². The van der Waals surface area contributed by atoms with E-state index in [0.717, 1.165) is 5.56 Å². The molecule has 2 aromatic rings. The van der Waals surface area contributed by atoms with Crippen LogP contribution in [0.4, 0.5) is 0 Å². The molecule has 0 bridgehead atoms. The molecule has 1 N–H and O–H groups in total. The molecule has 0 radical (unpaired) electrons. The number of fused-ring (bicyclic) bond motifs is 3. The smallest absolute Gasteiger partial charge is 0.209 e. The second-order valence-electron chi connectivity index (χ2n) is 3.22. The van der Waals surface area contributed by atoms with Crippen molar-refractivity contribution in [3.63, 3.8) is 0 Å². The maximum absolute atomic E-state index is 11.9. The van der Waals surface area contributed by atoms with Crippen LogP contribution in [0.2, 0.25) is 0 Å². The molecule has 70 valence electrons. The van der Waals surface area contributed by atoms with E-state index in [1.807, 2.05) is 12.1 Å². The Morgan fingerprint density at radius 3 is 2.64 bits per heavy atom. The zero-order chi connectivity index (χ0) is 9.76. The topological polar surface area (TPSA) is 49.9 Å². The molecule has 0 atom stereocenters. The number of hydrogen-bond acceptors (Lipinski definition) is 2. The fourth-order valence-corrected chi connectivity index (χ4v) is 3.45. The van der Waals surface area contributed by atoms with E-state index in [1.165, 1.54) is 0 Å². The Balaban J connectivity index is 2.55. The Bertz CT molecular complexity index is 611. The van der Waals surface area contributed by atoms with Crippen molar-refractivity contribution in [3.8, 4) is 11.3 Å². The summed E-state index contributed by atoms with van der Waals surface area (Å²) in [6, 6.07) is 8.63. The lowest BCUT2D eigenvalue weighted by molar-refractivity contribution is 0.599. The second-order valence-corrected chi connectivity index (χ2v) is 5.10. The van der Waals surface area contributed by atoms with E-state index in [4.69, 9.17) is 0 Å². The van der Waals surface area contributed by atoms with Gasteiger partial charge in [0.15, 0.2) is 0 Å². The van der Waals surface area contributed by atoms with Gasteiger partial charge in [-0.1, -0.05) is 18.2 Å². The van der Waals surface area contributed by atoms with E-state index in [2.05, 4.69) is 4.98 Å². The minimum absolute atomic E-state index is 0.388. The maximum atomic E-state index is 11.9. The van der Waals surface area contributed by atoms with Crippen LogP contribution in [-0.2, 0) is 9.84 Å². The number of aromatic nitrogens is 1. The van der Waals surface area contributed by atoms with Gasteiger partial charge in [0.1, 0.15) is 0 Å². The third-order valence-electron chi connectivity index (χ3n) is 2.44. The van der Waals surface area contributed by atoms with Gasteiger partial charge in [-0.05, 0) is 12.1 Å². The Morgan fingerprint density at radius 2 is 1.79 bits per heavy atom. The molecule has 3 nitrogen and oxygen atoms in total. The summed E-state index contributed by atoms with van der Waals surface area (Å²) >= 11 is 0. The van der Waals surface area contributed by atoms with Crippen molar-refractivity contribution in [2.75, 3.05) is 0 Å². The van der Waals surface area contributed by atoms with Crippen LogP contribution in [0.5, 0.6) is 0 Å². The van der Waals surface area contributed by atoms with Gasteiger partial charge in [-0.3, -0.25) is 0 Å². The molecule has 1 aliphatic rings. The molecule has 1 aromatic heterocycles. The predicted molar refractivity (Wildman–Crippen MR) is 51.7 cm³/mol. The summed E-state index contributed by atoms with van der Waals surface area (Å²) in [7, 11) is -3.25. The van der Waals surface area contributed by atoms with Gasteiger partial charge in [-0.15, -0.1) is 0 Å². The summed E-state index contributed by atoms with van der Waals surface area (Å²) in [5, 5.41) is 0. The molecule has 14 heavy (non-hydrogen) atoms. The monoisotopic (exact) mass is 205 g/mol. The quantitative estimate of drug-likeness (QED) is 0.608. The summed E-state index contributed by atoms with van der Waals surface area (Å²) < 4.78 is 23.8. The average Bonchev–Trinajstić information content (AvgIpc) is 2.72. The van der Waals surface area contributed by atoms with E-state index in [9.17, 15) is 8.42 Å². The lowest BCUT2D eigenvalue weighted by Gasteiger charge is -1.96. The zero-order valence-electron chi connectivity index (χ0n) is 7.19. The Labute approximate surface area is 81.3 Å². The van der Waals surface area contributed by atoms with E-state index >= 15 is 0 Å². The van der Waals surface area contributed by atoms with Gasteiger partial charge in [-0.2, -0.15) is 0 Å². The van der Waals surface area contributed by atoms with Crippen LogP contribution in [0.1, 0.15) is 0 Å². The van der Waals surface area contributed by atoms with E-state index in [0.29, 0.717) is 15.5 Å². The fraction of sp³-hybridized carbons (Fsp3) is 0. The van der Waals surface area contributed by atoms with Gasteiger partial charge in [0.05, 0.1) is 15.5 Å². The van der Waals surface area contributed by atoms with Crippen molar-refractivity contribution in [1.82, 2.24) is 4.98 Å². The number of benzene rings is 1. The van der Waals surface area contributed by atoms with Crippen molar-refractivity contribution in [2.45, 2.75) is 9.79 Å². The van der Waals surface area contributed by atoms with Gasteiger partial charge in [0.2, 0.25) is 9.84 Å². The lowest BCUT2D eigenvalue weighted by atomic mass is 10.2. The first-order chi connectivity index (χ1) is 6.71. The van der Waals surface area contributed by atoms with Crippen molar-refractivity contribution >= 4 is 9.84 Å². The third kappa shape index (κ3) is 0.743. The molecule has 4 heteroatoms. The highest BCUT2D eigenvalue weighted by Gasteiger charge is 2.33. The van der Waals surface area contributed by atoms with Gasteiger partial charge >= 0.3 is 0 Å². The molecule has 0 saturated heterocycles. The van der Waals surface area contributed by atoms with Crippen LogP contribution < -0.4 is 0 Å². The molecule has 0 spiro atoms. The predicted octanol–water partition coefficient (Wildman–Crippen LogP) is 1.83. The zero-order valence-corrected chi connectivity index (χ0v) is 8.01. The minimum Gasteiger partial charge on any atom is -0.360 e. The van der Waals surface area contributed by atoms with E-state index < -0.39 is 9.84 Å². The van der Waals surface area contributed by atoms with E-state index in [1.54, 1.807) is 24.4 Å². The molecular formula is C10H7NO2S. The summed E-state index contributed by atoms with van der Waals surface area (Å²) in [6.07, 6.45) is 1.65. The highest BCUT2D eigenvalue weighted by Crippen LogP contribution is 2.41. The minimum atomic E-state index is -3.25. The lowest BCUT2D eigenvalue weighted by Crippen LogP contribution is -1.94. The summed E-state index contributed by atoms with van der Waals surface area (Å²) in [5.41, 5.74) is 1.48. The van der Waals surface area contributed by atoms with Crippen molar-refractivity contribution in [2.24, 2.45) is 0 Å². The van der Waals surface area contributed by atoms with Crippen LogP contribution in [-0.4, -0.2) is 13.4 Å². The van der Waals surface area contributed by atoms with Gasteiger partial charge in [0.25, 0.3) is 0 Å². The van der Waals surface area contributed by atoms with Crippen LogP contribution in [0.25, 0.3) is 11.3 Å². The number of hydrogen-bond donors (Lipinski definition) is 1. The Morgan fingerprint density at radius 1 is 1.00 bits per heavy atom. The van der Waals surface area contributed by atoms with Gasteiger partial charge in [0, 0.05) is 11.8 Å². The van der Waals surface area contributed by atoms with Crippen molar-refractivity contribution in [3.05, 3.63) is 36.5 Å². The largest absolute Gasteiger partial charge is 0.360 e. The van der Waals surface area contributed by atoms with Gasteiger partial charge < -0.3 is 4.98 Å². The standard InChI is InChI=1S/C10H7NO2S/c12-14(13)8-4-2-1-3-7(8)10-9(14)5-6-11-10/h1-6,11H. The number of nitrogens with one attached hydrogen (secondary N) is 1. The first-order valence-electron chi connectivity index (χ1n) is 4.23. The van der Waals surface area contributed by atoms with Crippen LogP contribution >= 0.6 is 0 Å². The van der Waals surface area contributed by atoms with Crippen LogP contribution in [0.3, 0.4) is 0 Å². The maximum Gasteiger partial charge on any atom is 0.209 e. The molecule has 1 aromatic carbocycles. The number of aromatic amines is 1. The Hall–Kier alpha value is -1.55. The fourth-order valence-electron chi connectivity index (χ4n) is 1.82. The first kappa shape index (κ1) is 7.82. The molecule has 0 amide bonds. The molecule has 0 aliphatic carbocycles. The highest BCUT2D eigenvalue weighted by molar-refractivity contribution is 7.92. The number of sulfone groups is 1. The molecular weight excluding hydrogens is 198 g/mol. The number of H-pyrrole nitrogens is 1. The highest BCUT2D eigenvalue weighted by atomic mass is 32.2. The second kappa shape index (κ2) is 2.27. The summed E-state index contributed by atoms with van der Waals surface area (Å²) in [6.45, 7) is 0. The molecule has 1 aliphatic heterocycles. The molecule has 0 saturated carbocycles. The first-order valence-corrected chi connectivity index (χ1v) is 5.71. The molecule has 0 unspecified atom stereocenters. The number of rotatable bonds is 0. The van der Waals surface area contributed by atoms with Crippen LogP contribution in [0, 0.1) is 0 Å². The normalized spacial score (nSPS) is 16.3. The third-order valence-corrected chi connectivity index (χ3v) is 4.30. The van der Waals surface area contributed by atoms with Crippen molar-refractivity contribution in [1.29, 1.82) is 0 Å². The summed E-state index contributed by atoms with van der Waals surface area (Å²) in [5.74, 6) is 0. The average molecular weight is 205 g/mol. The van der Waals surface area contributed by atoms with Crippen LogP contribution in [0.15, 0.2) is 46.3 Å². The van der Waals surface area contributed by atoms with Gasteiger partial charge in [-0.25, -0.2) is 8.42 Å². The molecule has 2 heterocycles. The summed E-state index contributed by atoms with van der Waals surface area (Å²) in [4.78, 5) is 3.74. The van der Waals surface area contributed by atoms with Crippen molar-refractivity contribution < 1.29 is 8.42 Å². The molecule has 3 rings (SSSR count). The Kier molecular flexibility index (Phi) is 1.27.